The molecule has 0 spiro atoms. The Morgan fingerprint density at radius 2 is 1.76 bits per heavy atom. The van der Waals surface area contributed by atoms with Crippen molar-refractivity contribution in [3.63, 3.8) is 0 Å². The number of nitrogens with one attached hydrogen (secondary N) is 1. The van der Waals surface area contributed by atoms with Crippen LogP contribution in [0.4, 0.5) is 5.00 Å². The summed E-state index contributed by atoms with van der Waals surface area (Å²) in [5.74, 6) is 1.32. The number of allylic oxidation sites excluding steroid dienone is 1. The van der Waals surface area contributed by atoms with Crippen molar-refractivity contribution < 1.29 is 13.2 Å². The number of hydrogen-bond donors (Lipinski definition) is 1. The van der Waals surface area contributed by atoms with Crippen LogP contribution in [0.5, 0.6) is 5.88 Å². The van der Waals surface area contributed by atoms with Crippen LogP contribution in [0.25, 0.3) is 10.2 Å². The highest BCUT2D eigenvalue weighted by Gasteiger charge is 2.34. The number of benzene rings is 1. The van der Waals surface area contributed by atoms with E-state index in [1.807, 2.05) is 36.4 Å². The zero-order chi connectivity index (χ0) is 32.0. The van der Waals surface area contributed by atoms with Crippen molar-refractivity contribution in [3.05, 3.63) is 60.3 Å². The Morgan fingerprint density at radius 1 is 1.07 bits per heavy atom. The largest absolute Gasteiger partial charge is 0.481 e. The maximum atomic E-state index is 14.2. The molecule has 45 heavy (non-hydrogen) atoms. The Bertz CT molecular complexity index is 1510. The van der Waals surface area contributed by atoms with Crippen molar-refractivity contribution in [1.82, 2.24) is 19.1 Å². The standard InChI is InChI=1S/C35H51N5O3S2/c1-6-39(7-2)22-23-40(30-18-20-38(4)21-19-30)45(41,42)31-15-12-28(13-16-31)32(24-27-10-8-9-11-27)26(3)36-34-25-29-14-17-33(43-5)37-35(29)44-34/h12-17,25,27,30,32,36H,3,6-11,18-24H2,1-2,4-5H3. The van der Waals surface area contributed by atoms with Gasteiger partial charge in [-0.15, -0.1) is 0 Å². The lowest BCUT2D eigenvalue weighted by Crippen LogP contribution is -2.49. The second-order valence-electron chi connectivity index (χ2n) is 12.7. The van der Waals surface area contributed by atoms with Crippen molar-refractivity contribution in [2.24, 2.45) is 5.92 Å². The van der Waals surface area contributed by atoms with E-state index in [-0.39, 0.29) is 12.0 Å². The first-order chi connectivity index (χ1) is 21.7. The topological polar surface area (TPSA) is 78.0 Å². The molecule has 0 radical (unpaired) electrons. The van der Waals surface area contributed by atoms with Gasteiger partial charge in [0.25, 0.3) is 0 Å². The average Bonchev–Trinajstić information content (AvgIpc) is 3.71. The van der Waals surface area contributed by atoms with Crippen LogP contribution in [-0.4, -0.2) is 87.0 Å². The Morgan fingerprint density at radius 3 is 2.40 bits per heavy atom. The third-order valence-electron chi connectivity index (χ3n) is 9.83. The van der Waals surface area contributed by atoms with Crippen LogP contribution in [0.3, 0.4) is 0 Å². The molecule has 8 nitrogen and oxygen atoms in total. The summed E-state index contributed by atoms with van der Waals surface area (Å²) in [6, 6.07) is 13.7. The zero-order valence-corrected chi connectivity index (χ0v) is 29.1. The number of sulfonamides is 1. The van der Waals surface area contributed by atoms with Gasteiger partial charge in [-0.25, -0.2) is 13.4 Å². The van der Waals surface area contributed by atoms with E-state index in [9.17, 15) is 8.42 Å². The number of fused-ring (bicyclic) bond motifs is 1. The molecule has 5 rings (SSSR count). The number of rotatable bonds is 15. The fourth-order valence-electron chi connectivity index (χ4n) is 6.95. The number of methoxy groups -OCH3 is 1. The van der Waals surface area contributed by atoms with Crippen LogP contribution in [-0.2, 0) is 10.0 Å². The number of pyridine rings is 1. The number of ether oxygens (including phenoxy) is 1. The Kier molecular flexibility index (Phi) is 11.6. The molecule has 2 aliphatic rings. The SMILES string of the molecule is C=C(Nc1cc2ccc(OC)nc2s1)C(CC1CCCC1)c1ccc(S(=O)(=O)N(CCN(CC)CC)C2CCN(C)CC2)cc1. The maximum Gasteiger partial charge on any atom is 0.243 e. The van der Waals surface area contributed by atoms with Gasteiger partial charge in [-0.05, 0) is 88.2 Å². The summed E-state index contributed by atoms with van der Waals surface area (Å²) < 4.78 is 35.5. The number of aromatic nitrogens is 1. The van der Waals surface area contributed by atoms with Crippen molar-refractivity contribution in [1.29, 1.82) is 0 Å². The molecule has 246 valence electrons. The van der Waals surface area contributed by atoms with Gasteiger partial charge in [0.05, 0.1) is 17.0 Å². The van der Waals surface area contributed by atoms with Gasteiger partial charge in [-0.2, -0.15) is 4.31 Å². The highest BCUT2D eigenvalue weighted by molar-refractivity contribution is 7.89. The minimum absolute atomic E-state index is 0.0244. The molecule has 10 heteroatoms. The first kappa shape index (κ1) is 33.9. The van der Waals surface area contributed by atoms with Crippen molar-refractivity contribution in [2.75, 3.05) is 58.7 Å². The number of likely N-dealkylation sites (N-methyl/N-ethyl adjacent to an activating group) is 1. The van der Waals surface area contributed by atoms with E-state index in [2.05, 4.69) is 53.6 Å². The third kappa shape index (κ3) is 8.27. The first-order valence-electron chi connectivity index (χ1n) is 16.6. The second kappa shape index (κ2) is 15.4. The van der Waals surface area contributed by atoms with Gasteiger partial charge in [-0.1, -0.05) is 69.6 Å². The molecular formula is C35H51N5O3S2. The molecule has 2 aromatic heterocycles. The molecular weight excluding hydrogens is 603 g/mol. The number of likely N-dealkylation sites (tertiary alicyclic amines) is 1. The second-order valence-corrected chi connectivity index (χ2v) is 15.6. The number of piperidine rings is 1. The quantitative estimate of drug-likeness (QED) is 0.189. The van der Waals surface area contributed by atoms with Crippen molar-refractivity contribution in [2.45, 2.75) is 75.6 Å². The summed E-state index contributed by atoms with van der Waals surface area (Å²) in [6.07, 6.45) is 7.75. The summed E-state index contributed by atoms with van der Waals surface area (Å²) in [5, 5.41) is 5.65. The van der Waals surface area contributed by atoms with E-state index in [1.165, 1.54) is 25.7 Å². The molecule has 0 bridgehead atoms. The van der Waals surface area contributed by atoms with Gasteiger partial charge in [0, 0.05) is 42.2 Å². The van der Waals surface area contributed by atoms with Gasteiger partial charge >= 0.3 is 0 Å². The number of anilines is 1. The highest BCUT2D eigenvalue weighted by Crippen LogP contribution is 2.39. The fourth-order valence-corrected chi connectivity index (χ4v) is 9.58. The summed E-state index contributed by atoms with van der Waals surface area (Å²) in [5.41, 5.74) is 2.04. The number of nitrogens with zero attached hydrogens (tertiary/aromatic N) is 4. The molecule has 1 aromatic carbocycles. The van der Waals surface area contributed by atoms with Crippen LogP contribution in [0.2, 0.25) is 0 Å². The monoisotopic (exact) mass is 653 g/mol. The Labute approximate surface area is 274 Å². The third-order valence-corrected chi connectivity index (χ3v) is 12.8. The molecule has 1 saturated carbocycles. The van der Waals surface area contributed by atoms with E-state index in [4.69, 9.17) is 4.74 Å². The number of thiophene rings is 1. The molecule has 1 saturated heterocycles. The lowest BCUT2D eigenvalue weighted by molar-refractivity contribution is 0.169. The van der Waals surface area contributed by atoms with Crippen LogP contribution >= 0.6 is 11.3 Å². The minimum Gasteiger partial charge on any atom is -0.481 e. The molecule has 1 aliphatic heterocycles. The normalized spacial score (nSPS) is 17.8. The molecule has 2 fully saturated rings. The van der Waals surface area contributed by atoms with Crippen LogP contribution in [0.1, 0.15) is 70.3 Å². The fraction of sp³-hybridized carbons (Fsp3) is 0.571. The summed E-state index contributed by atoms with van der Waals surface area (Å²) >= 11 is 1.59. The molecule has 1 aliphatic carbocycles. The first-order valence-corrected chi connectivity index (χ1v) is 18.9. The maximum absolute atomic E-state index is 14.2. The van der Waals surface area contributed by atoms with Gasteiger partial charge in [0.15, 0.2) is 0 Å². The van der Waals surface area contributed by atoms with Crippen LogP contribution < -0.4 is 10.1 Å². The Balaban J connectivity index is 1.38. The van der Waals surface area contributed by atoms with E-state index in [0.717, 1.165) is 78.5 Å². The van der Waals surface area contributed by atoms with Gasteiger partial charge in [0.2, 0.25) is 15.9 Å². The lowest BCUT2D eigenvalue weighted by atomic mass is 9.86. The summed E-state index contributed by atoms with van der Waals surface area (Å²) in [6.45, 7) is 13.7. The summed E-state index contributed by atoms with van der Waals surface area (Å²) in [4.78, 5) is 10.5. The van der Waals surface area contributed by atoms with Crippen LogP contribution in [0.15, 0.2) is 59.6 Å². The van der Waals surface area contributed by atoms with E-state index in [0.29, 0.717) is 23.2 Å². The van der Waals surface area contributed by atoms with E-state index < -0.39 is 10.0 Å². The average molecular weight is 654 g/mol. The van der Waals surface area contributed by atoms with E-state index >= 15 is 0 Å². The molecule has 3 aromatic rings. The van der Waals surface area contributed by atoms with Crippen LogP contribution in [0, 0.1) is 5.92 Å². The molecule has 1 atom stereocenters. The van der Waals surface area contributed by atoms with Crippen molar-refractivity contribution in [3.8, 4) is 5.88 Å². The predicted octanol–water partition coefficient (Wildman–Crippen LogP) is 7.02. The summed E-state index contributed by atoms with van der Waals surface area (Å²) in [7, 11) is 0.0948. The van der Waals surface area contributed by atoms with Crippen molar-refractivity contribution >= 4 is 36.6 Å². The predicted molar refractivity (Wildman–Crippen MR) is 187 cm³/mol. The molecule has 1 unspecified atom stereocenters. The molecule has 3 heterocycles. The van der Waals surface area contributed by atoms with Gasteiger partial charge in [0.1, 0.15) is 4.83 Å². The smallest absolute Gasteiger partial charge is 0.243 e. The molecule has 1 N–H and O–H groups in total. The zero-order valence-electron chi connectivity index (χ0n) is 27.5. The lowest BCUT2D eigenvalue weighted by Gasteiger charge is -2.37. The highest BCUT2D eigenvalue weighted by atomic mass is 32.2. The van der Waals surface area contributed by atoms with Gasteiger partial charge in [-0.3, -0.25) is 0 Å². The van der Waals surface area contributed by atoms with Gasteiger partial charge < -0.3 is 19.9 Å². The minimum atomic E-state index is -3.65. The van der Waals surface area contributed by atoms with E-state index in [1.54, 1.807) is 22.8 Å². The Hall–Kier alpha value is -2.50. The number of hydrogen-bond acceptors (Lipinski definition) is 8. The molecule has 0 amide bonds.